The Balaban J connectivity index is 1.43. The van der Waals surface area contributed by atoms with Crippen molar-refractivity contribution in [2.45, 2.75) is 90.9 Å². The first kappa shape index (κ1) is 29.6. The van der Waals surface area contributed by atoms with Crippen molar-refractivity contribution < 1.29 is 37.3 Å². The fourth-order valence-electron chi connectivity index (χ4n) is 5.06. The lowest BCUT2D eigenvalue weighted by Crippen LogP contribution is -2.42. The number of ether oxygens (including phenoxy) is 4. The van der Waals surface area contributed by atoms with Gasteiger partial charge in [0.05, 0.1) is 24.3 Å². The van der Waals surface area contributed by atoms with Crippen LogP contribution >= 0.6 is 0 Å². The van der Waals surface area contributed by atoms with E-state index in [1.54, 1.807) is 36.1 Å². The minimum Gasteiger partial charge on any atom is -0.491 e. The fraction of sp³-hybridized carbons (Fsp3) is 0.533. The molecular weight excluding hydrogens is 522 g/mol. The summed E-state index contributed by atoms with van der Waals surface area (Å²) in [6.45, 7) is 9.18. The largest absolute Gasteiger partial charge is 0.491 e. The molecule has 0 unspecified atom stereocenters. The second-order valence-electron chi connectivity index (χ2n) is 11.7. The summed E-state index contributed by atoms with van der Waals surface area (Å²) in [4.78, 5) is 27.2. The molecule has 2 aromatic carbocycles. The molecule has 0 saturated carbocycles. The summed E-state index contributed by atoms with van der Waals surface area (Å²) in [6, 6.07) is 9.19. The number of nitrogens with zero attached hydrogens (tertiary/aromatic N) is 1. The van der Waals surface area contributed by atoms with Crippen molar-refractivity contribution in [1.29, 1.82) is 0 Å². The highest BCUT2D eigenvalue weighted by atomic mass is 19.3. The third-order valence-electron chi connectivity index (χ3n) is 7.07. The van der Waals surface area contributed by atoms with E-state index < -0.39 is 29.9 Å². The number of nitrogens with one attached hydrogen (secondary N) is 1. The van der Waals surface area contributed by atoms with Crippen molar-refractivity contribution in [2.24, 2.45) is 0 Å². The Morgan fingerprint density at radius 1 is 1.18 bits per heavy atom. The van der Waals surface area contributed by atoms with Gasteiger partial charge in [0.2, 0.25) is 0 Å². The molecule has 218 valence electrons. The van der Waals surface area contributed by atoms with Gasteiger partial charge in [-0.1, -0.05) is 6.07 Å². The summed E-state index contributed by atoms with van der Waals surface area (Å²) in [7, 11) is 0. The molecule has 0 spiro atoms. The molecule has 1 N–H and O–H groups in total. The second kappa shape index (κ2) is 11.6. The molecule has 8 nitrogen and oxygen atoms in total. The number of carbonyl (C=O) groups excluding carboxylic acids is 2. The molecule has 2 amide bonds. The highest BCUT2D eigenvalue weighted by molar-refractivity contribution is 5.94. The zero-order chi connectivity index (χ0) is 29.2. The number of hydrogen-bond acceptors (Lipinski definition) is 6. The normalized spacial score (nSPS) is 18.8. The molecule has 2 aliphatic rings. The van der Waals surface area contributed by atoms with Crippen LogP contribution in [0.2, 0.25) is 0 Å². The van der Waals surface area contributed by atoms with Crippen LogP contribution in [0.25, 0.3) is 0 Å². The van der Waals surface area contributed by atoms with Crippen LogP contribution in [0.15, 0.2) is 36.4 Å². The Kier molecular flexibility index (Phi) is 8.58. The van der Waals surface area contributed by atoms with Gasteiger partial charge in [0, 0.05) is 23.7 Å². The maximum absolute atomic E-state index is 13.3. The number of rotatable bonds is 8. The number of likely N-dealkylation sites (tertiary alicyclic amines) is 1. The standard InChI is InChI=1S/C30H38F2N2O6/c1-18(33-26(35)19-9-12-24-20(14-19)16-38-30(24,5)6)23-11-10-22(15-25(23)39-27(31)32)37-17-21-8-7-13-34(21)28(36)40-29(2,3)4/h9-12,14-15,18,21,27H,7-8,13,16-17H2,1-6H3,(H,33,35)/t18-,21+/m0/s1. The van der Waals surface area contributed by atoms with E-state index in [0.717, 1.165) is 24.0 Å². The molecule has 1 fully saturated rings. The minimum absolute atomic E-state index is 0.0974. The van der Waals surface area contributed by atoms with E-state index in [4.69, 9.17) is 18.9 Å². The highest BCUT2D eigenvalue weighted by Gasteiger charge is 2.33. The van der Waals surface area contributed by atoms with E-state index in [1.807, 2.05) is 40.7 Å². The lowest BCUT2D eigenvalue weighted by atomic mass is 9.94. The van der Waals surface area contributed by atoms with Crippen molar-refractivity contribution in [3.63, 3.8) is 0 Å². The molecule has 2 atom stereocenters. The van der Waals surface area contributed by atoms with Gasteiger partial charge >= 0.3 is 12.7 Å². The summed E-state index contributed by atoms with van der Waals surface area (Å²) < 4.78 is 48.6. The maximum Gasteiger partial charge on any atom is 0.410 e. The number of halogens is 2. The first-order chi connectivity index (χ1) is 18.7. The summed E-state index contributed by atoms with van der Waals surface area (Å²) in [5.41, 5.74) is 1.79. The number of fused-ring (bicyclic) bond motifs is 1. The molecule has 2 aromatic rings. The quantitative estimate of drug-likeness (QED) is 0.407. The van der Waals surface area contributed by atoms with Crippen molar-refractivity contribution in [3.05, 3.63) is 58.7 Å². The molecular formula is C30H38F2N2O6. The predicted molar refractivity (Wildman–Crippen MR) is 145 cm³/mol. The van der Waals surface area contributed by atoms with Gasteiger partial charge in [-0.15, -0.1) is 0 Å². The Morgan fingerprint density at radius 3 is 2.62 bits per heavy atom. The van der Waals surface area contributed by atoms with Crippen molar-refractivity contribution in [2.75, 3.05) is 13.2 Å². The van der Waals surface area contributed by atoms with Crippen LogP contribution in [0.3, 0.4) is 0 Å². The van der Waals surface area contributed by atoms with Gasteiger partial charge in [-0.3, -0.25) is 4.79 Å². The van der Waals surface area contributed by atoms with Gasteiger partial charge in [-0.25, -0.2) is 4.79 Å². The van der Waals surface area contributed by atoms with Crippen LogP contribution in [0.4, 0.5) is 13.6 Å². The number of carbonyl (C=O) groups is 2. The van der Waals surface area contributed by atoms with Gasteiger partial charge in [0.25, 0.3) is 5.91 Å². The molecule has 0 aliphatic carbocycles. The Bertz CT molecular complexity index is 1240. The van der Waals surface area contributed by atoms with Gasteiger partial charge in [-0.05, 0) is 89.8 Å². The van der Waals surface area contributed by atoms with Gasteiger partial charge in [0.15, 0.2) is 0 Å². The lowest BCUT2D eigenvalue weighted by Gasteiger charge is -2.28. The molecule has 0 aromatic heterocycles. The van der Waals surface area contributed by atoms with Crippen molar-refractivity contribution >= 4 is 12.0 Å². The average Bonchev–Trinajstić information content (AvgIpc) is 3.45. The van der Waals surface area contributed by atoms with Crippen LogP contribution < -0.4 is 14.8 Å². The molecule has 40 heavy (non-hydrogen) atoms. The first-order valence-electron chi connectivity index (χ1n) is 13.5. The van der Waals surface area contributed by atoms with E-state index in [1.165, 1.54) is 6.07 Å². The lowest BCUT2D eigenvalue weighted by molar-refractivity contribution is -0.0507. The molecule has 0 bridgehead atoms. The van der Waals surface area contributed by atoms with E-state index in [0.29, 0.717) is 30.0 Å². The number of benzene rings is 2. The van der Waals surface area contributed by atoms with Crippen LogP contribution in [0, 0.1) is 0 Å². The van der Waals surface area contributed by atoms with Crippen LogP contribution in [-0.2, 0) is 21.7 Å². The zero-order valence-electron chi connectivity index (χ0n) is 23.9. The van der Waals surface area contributed by atoms with Gasteiger partial charge in [0.1, 0.15) is 23.7 Å². The van der Waals surface area contributed by atoms with Crippen molar-refractivity contribution in [1.82, 2.24) is 10.2 Å². The van der Waals surface area contributed by atoms with E-state index in [-0.39, 0.29) is 24.3 Å². The fourth-order valence-corrected chi connectivity index (χ4v) is 5.06. The third-order valence-corrected chi connectivity index (χ3v) is 7.07. The molecule has 4 rings (SSSR count). The third kappa shape index (κ3) is 7.02. The topological polar surface area (TPSA) is 86.3 Å². The summed E-state index contributed by atoms with van der Waals surface area (Å²) >= 11 is 0. The molecule has 10 heteroatoms. The summed E-state index contributed by atoms with van der Waals surface area (Å²) in [5, 5.41) is 2.87. The van der Waals surface area contributed by atoms with Gasteiger partial charge in [-0.2, -0.15) is 8.78 Å². The monoisotopic (exact) mass is 560 g/mol. The zero-order valence-corrected chi connectivity index (χ0v) is 23.9. The maximum atomic E-state index is 13.3. The predicted octanol–water partition coefficient (Wildman–Crippen LogP) is 6.32. The minimum atomic E-state index is -3.06. The average molecular weight is 561 g/mol. The molecule has 1 saturated heterocycles. The van der Waals surface area contributed by atoms with E-state index >= 15 is 0 Å². The number of alkyl halides is 2. The van der Waals surface area contributed by atoms with E-state index in [2.05, 4.69) is 5.32 Å². The number of hydrogen-bond donors (Lipinski definition) is 1. The Morgan fingerprint density at radius 2 is 1.93 bits per heavy atom. The Labute approximate surface area is 233 Å². The van der Waals surface area contributed by atoms with Gasteiger partial charge < -0.3 is 29.2 Å². The number of amides is 2. The smallest absolute Gasteiger partial charge is 0.410 e. The molecule has 2 aliphatic heterocycles. The second-order valence-corrected chi connectivity index (χ2v) is 11.7. The van der Waals surface area contributed by atoms with E-state index in [9.17, 15) is 18.4 Å². The first-order valence-corrected chi connectivity index (χ1v) is 13.5. The summed E-state index contributed by atoms with van der Waals surface area (Å²) in [5.74, 6) is -0.123. The molecule has 0 radical (unpaired) electrons. The molecule has 2 heterocycles. The Hall–Kier alpha value is -3.40. The highest BCUT2D eigenvalue weighted by Crippen LogP contribution is 2.36. The van der Waals surface area contributed by atoms with Crippen LogP contribution in [-0.4, -0.2) is 48.3 Å². The van der Waals surface area contributed by atoms with Crippen LogP contribution in [0.5, 0.6) is 11.5 Å². The summed E-state index contributed by atoms with van der Waals surface area (Å²) in [6.07, 6.45) is 1.16. The SMILES string of the molecule is C[C@H](NC(=O)c1ccc2c(c1)COC2(C)C)c1ccc(OC[C@H]2CCCN2C(=O)OC(C)(C)C)cc1OC(F)F. The van der Waals surface area contributed by atoms with Crippen molar-refractivity contribution in [3.8, 4) is 11.5 Å². The van der Waals surface area contributed by atoms with Crippen LogP contribution in [0.1, 0.15) is 87.5 Å².